The average Bonchev–Trinajstić information content (AvgIpc) is 1.91. The molecule has 11 heavy (non-hydrogen) atoms. The minimum atomic E-state index is 0. The van der Waals surface area contributed by atoms with Gasteiger partial charge in [0.2, 0.25) is 0 Å². The van der Waals surface area contributed by atoms with Crippen LogP contribution in [0.5, 0.6) is 0 Å². The van der Waals surface area contributed by atoms with Crippen molar-refractivity contribution in [2.75, 3.05) is 6.54 Å². The molecule has 0 spiro atoms. The minimum Gasteiger partial charge on any atom is -0.330 e. The maximum absolute atomic E-state index is 5.52. The molecule has 1 nitrogen and oxygen atoms in total. The van der Waals surface area contributed by atoms with Crippen molar-refractivity contribution in [2.24, 2.45) is 11.7 Å². The molecule has 0 aromatic heterocycles. The number of hydrogen-bond acceptors (Lipinski definition) is 1. The molecule has 0 saturated heterocycles. The van der Waals surface area contributed by atoms with Crippen LogP contribution in [0.25, 0.3) is 0 Å². The van der Waals surface area contributed by atoms with Crippen molar-refractivity contribution in [2.45, 2.75) is 39.5 Å². The highest BCUT2D eigenvalue weighted by molar-refractivity contribution is 5.85. The summed E-state index contributed by atoms with van der Waals surface area (Å²) in [6.07, 6.45) is 5.21. The van der Waals surface area contributed by atoms with E-state index in [0.717, 1.165) is 12.5 Å². The number of nitrogens with two attached hydrogens (primary N) is 1. The van der Waals surface area contributed by atoms with Gasteiger partial charge in [0.05, 0.1) is 0 Å². The minimum absolute atomic E-state index is 0. The summed E-state index contributed by atoms with van der Waals surface area (Å²) in [4.78, 5) is 0. The van der Waals surface area contributed by atoms with Crippen LogP contribution >= 0.6 is 24.8 Å². The molecular weight excluding hydrogens is 181 g/mol. The zero-order chi connectivity index (χ0) is 7.11. The molecule has 0 saturated carbocycles. The first-order chi connectivity index (χ1) is 4.35. The number of hydrogen-bond donors (Lipinski definition) is 1. The standard InChI is InChI=1S/C8H19N.2ClH/c1-3-5-6-8(4-2)7-9;;/h8H,3-7,9H2,1-2H3;2*1H. The van der Waals surface area contributed by atoms with E-state index in [1.807, 2.05) is 0 Å². The third kappa shape index (κ3) is 10.5. The van der Waals surface area contributed by atoms with Gasteiger partial charge in [-0.2, -0.15) is 0 Å². The van der Waals surface area contributed by atoms with Crippen molar-refractivity contribution in [3.63, 3.8) is 0 Å². The highest BCUT2D eigenvalue weighted by atomic mass is 35.5. The third-order valence-electron chi connectivity index (χ3n) is 1.88. The Morgan fingerprint density at radius 1 is 1.18 bits per heavy atom. The Labute approximate surface area is 82.9 Å². The fourth-order valence-corrected chi connectivity index (χ4v) is 0.981. The van der Waals surface area contributed by atoms with Crippen LogP contribution in [0, 0.1) is 5.92 Å². The highest BCUT2D eigenvalue weighted by Crippen LogP contribution is 2.09. The van der Waals surface area contributed by atoms with Gasteiger partial charge in [-0.15, -0.1) is 24.8 Å². The summed E-state index contributed by atoms with van der Waals surface area (Å²) in [5.74, 6) is 0.782. The molecule has 0 aliphatic heterocycles. The molecule has 72 valence electrons. The van der Waals surface area contributed by atoms with Crippen LogP contribution in [0.2, 0.25) is 0 Å². The fraction of sp³-hybridized carbons (Fsp3) is 1.00. The Morgan fingerprint density at radius 3 is 2.00 bits per heavy atom. The maximum atomic E-state index is 5.52. The number of unbranched alkanes of at least 4 members (excludes halogenated alkanes) is 1. The molecule has 0 fully saturated rings. The van der Waals surface area contributed by atoms with Gasteiger partial charge >= 0.3 is 0 Å². The first kappa shape index (κ1) is 17.6. The van der Waals surface area contributed by atoms with Gasteiger partial charge in [-0.1, -0.05) is 33.1 Å². The summed E-state index contributed by atoms with van der Waals surface area (Å²) in [6, 6.07) is 0. The Bertz CT molecular complexity index is 56.1. The molecule has 0 aromatic rings. The van der Waals surface area contributed by atoms with Gasteiger partial charge in [0, 0.05) is 0 Å². The van der Waals surface area contributed by atoms with E-state index in [0.29, 0.717) is 0 Å². The van der Waals surface area contributed by atoms with Crippen LogP contribution in [0.1, 0.15) is 39.5 Å². The van der Waals surface area contributed by atoms with Crippen molar-refractivity contribution in [1.29, 1.82) is 0 Å². The van der Waals surface area contributed by atoms with Crippen molar-refractivity contribution in [1.82, 2.24) is 0 Å². The van der Waals surface area contributed by atoms with Crippen LogP contribution < -0.4 is 5.73 Å². The highest BCUT2D eigenvalue weighted by Gasteiger charge is 2.00. The summed E-state index contributed by atoms with van der Waals surface area (Å²) in [5.41, 5.74) is 5.52. The van der Waals surface area contributed by atoms with Gasteiger partial charge in [0.1, 0.15) is 0 Å². The lowest BCUT2D eigenvalue weighted by Gasteiger charge is -2.09. The van der Waals surface area contributed by atoms with Gasteiger partial charge in [-0.3, -0.25) is 0 Å². The quantitative estimate of drug-likeness (QED) is 0.728. The van der Waals surface area contributed by atoms with Crippen molar-refractivity contribution in [3.8, 4) is 0 Å². The zero-order valence-electron chi connectivity index (χ0n) is 7.51. The van der Waals surface area contributed by atoms with Gasteiger partial charge < -0.3 is 5.73 Å². The Morgan fingerprint density at radius 2 is 1.73 bits per heavy atom. The molecular formula is C8H21Cl2N. The van der Waals surface area contributed by atoms with E-state index in [-0.39, 0.29) is 24.8 Å². The van der Waals surface area contributed by atoms with Crippen LogP contribution in [0.4, 0.5) is 0 Å². The molecule has 0 aromatic carbocycles. The summed E-state index contributed by atoms with van der Waals surface area (Å²) < 4.78 is 0. The second-order valence-corrected chi connectivity index (χ2v) is 2.65. The normalized spacial score (nSPS) is 11.2. The van der Waals surface area contributed by atoms with E-state index < -0.39 is 0 Å². The number of rotatable bonds is 5. The van der Waals surface area contributed by atoms with Crippen LogP contribution in [-0.4, -0.2) is 6.54 Å². The molecule has 0 aliphatic rings. The van der Waals surface area contributed by atoms with Crippen LogP contribution in [-0.2, 0) is 0 Å². The van der Waals surface area contributed by atoms with Crippen LogP contribution in [0.15, 0.2) is 0 Å². The molecule has 0 radical (unpaired) electrons. The Hall–Kier alpha value is 0.540. The first-order valence-electron chi connectivity index (χ1n) is 4.05. The topological polar surface area (TPSA) is 26.0 Å². The first-order valence-corrected chi connectivity index (χ1v) is 4.05. The summed E-state index contributed by atoms with van der Waals surface area (Å²) in [7, 11) is 0. The van der Waals surface area contributed by atoms with Crippen molar-refractivity contribution < 1.29 is 0 Å². The zero-order valence-corrected chi connectivity index (χ0v) is 9.14. The molecule has 0 aliphatic carbocycles. The smallest absolute Gasteiger partial charge is 0.00490 e. The van der Waals surface area contributed by atoms with Crippen LogP contribution in [0.3, 0.4) is 0 Å². The number of halogens is 2. The Balaban J connectivity index is -0.000000320. The predicted octanol–water partition coefficient (Wildman–Crippen LogP) is 3.01. The molecule has 2 N–H and O–H groups in total. The van der Waals surface area contributed by atoms with Gasteiger partial charge in [-0.05, 0) is 18.9 Å². The van der Waals surface area contributed by atoms with E-state index in [9.17, 15) is 0 Å². The lowest BCUT2D eigenvalue weighted by atomic mass is 10.00. The van der Waals surface area contributed by atoms with E-state index in [2.05, 4.69) is 13.8 Å². The van der Waals surface area contributed by atoms with E-state index >= 15 is 0 Å². The lowest BCUT2D eigenvalue weighted by molar-refractivity contribution is 0.461. The van der Waals surface area contributed by atoms with E-state index in [4.69, 9.17) is 5.73 Å². The molecule has 1 unspecified atom stereocenters. The van der Waals surface area contributed by atoms with Gasteiger partial charge in [-0.25, -0.2) is 0 Å². The van der Waals surface area contributed by atoms with Gasteiger partial charge in [0.25, 0.3) is 0 Å². The van der Waals surface area contributed by atoms with E-state index in [1.165, 1.54) is 25.7 Å². The SMILES string of the molecule is CCCCC(CC)CN.Cl.Cl. The summed E-state index contributed by atoms with van der Waals surface area (Å²) in [5, 5.41) is 0. The fourth-order valence-electron chi connectivity index (χ4n) is 0.981. The summed E-state index contributed by atoms with van der Waals surface area (Å²) >= 11 is 0. The molecule has 1 atom stereocenters. The third-order valence-corrected chi connectivity index (χ3v) is 1.88. The van der Waals surface area contributed by atoms with Crippen molar-refractivity contribution in [3.05, 3.63) is 0 Å². The molecule has 3 heteroatoms. The largest absolute Gasteiger partial charge is 0.330 e. The molecule has 0 amide bonds. The van der Waals surface area contributed by atoms with Crippen molar-refractivity contribution >= 4 is 24.8 Å². The molecule has 0 bridgehead atoms. The predicted molar refractivity (Wildman–Crippen MR) is 56.9 cm³/mol. The monoisotopic (exact) mass is 201 g/mol. The second kappa shape index (κ2) is 13.2. The second-order valence-electron chi connectivity index (χ2n) is 2.65. The molecule has 0 heterocycles. The van der Waals surface area contributed by atoms with E-state index in [1.54, 1.807) is 0 Å². The lowest BCUT2D eigenvalue weighted by Crippen LogP contribution is -2.12. The van der Waals surface area contributed by atoms with Gasteiger partial charge in [0.15, 0.2) is 0 Å². The summed E-state index contributed by atoms with van der Waals surface area (Å²) in [6.45, 7) is 5.31. The average molecular weight is 202 g/mol. The Kier molecular flexibility index (Phi) is 21.0. The molecule has 0 rings (SSSR count). The maximum Gasteiger partial charge on any atom is -0.00490 e.